The molecule has 0 spiro atoms. The van der Waals surface area contributed by atoms with Crippen molar-refractivity contribution in [3.8, 4) is 0 Å². The van der Waals surface area contributed by atoms with E-state index in [9.17, 15) is 0 Å². The molecule has 0 saturated heterocycles. The third-order valence-corrected chi connectivity index (χ3v) is 3.00. The van der Waals surface area contributed by atoms with Crippen molar-refractivity contribution in [2.45, 2.75) is 13.0 Å². The van der Waals surface area contributed by atoms with Crippen molar-refractivity contribution in [3.05, 3.63) is 45.6 Å². The molecule has 1 rings (SSSR count). The van der Waals surface area contributed by atoms with Crippen molar-refractivity contribution in [2.24, 2.45) is 5.73 Å². The highest BCUT2D eigenvalue weighted by Gasteiger charge is 2.02. The van der Waals surface area contributed by atoms with Crippen LogP contribution in [0.15, 0.2) is 30.9 Å². The first-order valence-corrected chi connectivity index (χ1v) is 4.87. The fraction of sp³-hybridized carbons (Fsp3) is 0.200. The Hall–Kier alpha value is -0.350. The van der Waals surface area contributed by atoms with E-state index in [0.717, 1.165) is 5.56 Å². The quantitative estimate of drug-likeness (QED) is 0.650. The highest BCUT2D eigenvalue weighted by atomic mass is 127. The molecule has 2 N–H and O–H groups in total. The van der Waals surface area contributed by atoms with Crippen molar-refractivity contribution < 1.29 is 0 Å². The molecule has 0 aromatic heterocycles. The van der Waals surface area contributed by atoms with Crippen molar-refractivity contribution in [3.63, 3.8) is 0 Å². The molecule has 0 amide bonds. The third-order valence-electron chi connectivity index (χ3n) is 1.83. The molecule has 0 aliphatic carbocycles. The minimum atomic E-state index is -0.0425. The van der Waals surface area contributed by atoms with Gasteiger partial charge in [0.2, 0.25) is 0 Å². The lowest BCUT2D eigenvalue weighted by Crippen LogP contribution is -2.06. The Morgan fingerprint density at radius 1 is 1.58 bits per heavy atom. The fourth-order valence-electron chi connectivity index (χ4n) is 0.953. The van der Waals surface area contributed by atoms with Gasteiger partial charge in [0.1, 0.15) is 0 Å². The molecule has 12 heavy (non-hydrogen) atoms. The monoisotopic (exact) mass is 273 g/mol. The van der Waals surface area contributed by atoms with Gasteiger partial charge in [0.15, 0.2) is 0 Å². The zero-order valence-corrected chi connectivity index (χ0v) is 9.21. The van der Waals surface area contributed by atoms with Crippen molar-refractivity contribution in [1.29, 1.82) is 0 Å². The lowest BCUT2D eigenvalue weighted by molar-refractivity contribution is 0.912. The standard InChI is InChI=1S/C10H12IN/c1-3-10(12)8-5-4-7(2)9(11)6-8/h3-6,10H,1,12H2,2H3/t10-/m1/s1. The van der Waals surface area contributed by atoms with E-state index in [1.165, 1.54) is 9.13 Å². The Kier molecular flexibility index (Phi) is 3.29. The summed E-state index contributed by atoms with van der Waals surface area (Å²) in [6.07, 6.45) is 1.75. The SMILES string of the molecule is C=C[C@@H](N)c1ccc(C)c(I)c1. The summed E-state index contributed by atoms with van der Waals surface area (Å²) in [6.45, 7) is 5.75. The first kappa shape index (κ1) is 9.74. The maximum atomic E-state index is 5.79. The van der Waals surface area contributed by atoms with Crippen molar-refractivity contribution >= 4 is 22.6 Å². The number of hydrogen-bond donors (Lipinski definition) is 1. The van der Waals surface area contributed by atoms with Crippen LogP contribution in [0.1, 0.15) is 17.2 Å². The number of nitrogens with two attached hydrogens (primary N) is 1. The molecule has 0 radical (unpaired) electrons. The lowest BCUT2D eigenvalue weighted by Gasteiger charge is -2.07. The van der Waals surface area contributed by atoms with E-state index < -0.39 is 0 Å². The van der Waals surface area contributed by atoms with Crippen LogP contribution in [0.2, 0.25) is 0 Å². The number of hydrogen-bond acceptors (Lipinski definition) is 1. The predicted octanol–water partition coefficient (Wildman–Crippen LogP) is 2.79. The lowest BCUT2D eigenvalue weighted by atomic mass is 10.1. The van der Waals surface area contributed by atoms with Gasteiger partial charge in [0, 0.05) is 9.61 Å². The second-order valence-corrected chi connectivity index (χ2v) is 3.93. The van der Waals surface area contributed by atoms with Gasteiger partial charge in [-0.25, -0.2) is 0 Å². The Morgan fingerprint density at radius 3 is 2.75 bits per heavy atom. The fourth-order valence-corrected chi connectivity index (χ4v) is 1.49. The number of halogens is 1. The first-order valence-electron chi connectivity index (χ1n) is 3.79. The average molecular weight is 273 g/mol. The zero-order valence-electron chi connectivity index (χ0n) is 7.05. The summed E-state index contributed by atoms with van der Waals surface area (Å²) in [6, 6.07) is 6.19. The molecule has 64 valence electrons. The molecule has 1 aromatic rings. The molecule has 0 fully saturated rings. The van der Waals surface area contributed by atoms with Crippen LogP contribution in [0.5, 0.6) is 0 Å². The summed E-state index contributed by atoms with van der Waals surface area (Å²) in [7, 11) is 0. The van der Waals surface area contributed by atoms with E-state index in [4.69, 9.17) is 5.73 Å². The summed E-state index contributed by atoms with van der Waals surface area (Å²) in [5.41, 5.74) is 8.20. The number of rotatable bonds is 2. The van der Waals surface area contributed by atoms with Crippen molar-refractivity contribution in [2.75, 3.05) is 0 Å². The molecular formula is C10H12IN. The number of benzene rings is 1. The topological polar surface area (TPSA) is 26.0 Å². The van der Waals surface area contributed by atoms with Gasteiger partial charge < -0.3 is 5.73 Å². The van der Waals surface area contributed by atoms with Crippen LogP contribution in [0.25, 0.3) is 0 Å². The van der Waals surface area contributed by atoms with E-state index in [1.807, 2.05) is 6.07 Å². The predicted molar refractivity (Wildman–Crippen MR) is 61.0 cm³/mol. The highest BCUT2D eigenvalue weighted by Crippen LogP contribution is 2.17. The first-order chi connectivity index (χ1) is 5.65. The van der Waals surface area contributed by atoms with E-state index in [1.54, 1.807) is 6.08 Å². The molecule has 0 aliphatic rings. The smallest absolute Gasteiger partial charge is 0.0478 e. The molecule has 0 unspecified atom stereocenters. The van der Waals surface area contributed by atoms with Gasteiger partial charge in [0.05, 0.1) is 0 Å². The van der Waals surface area contributed by atoms with E-state index in [-0.39, 0.29) is 6.04 Å². The molecule has 1 nitrogen and oxygen atoms in total. The molecular weight excluding hydrogens is 261 g/mol. The molecule has 1 aromatic carbocycles. The van der Waals surface area contributed by atoms with Crippen LogP contribution in [-0.4, -0.2) is 0 Å². The number of aryl methyl sites for hydroxylation is 1. The molecule has 0 heterocycles. The van der Waals surface area contributed by atoms with Gasteiger partial charge in [-0.1, -0.05) is 18.2 Å². The van der Waals surface area contributed by atoms with Crippen molar-refractivity contribution in [1.82, 2.24) is 0 Å². The van der Waals surface area contributed by atoms with Crippen LogP contribution in [-0.2, 0) is 0 Å². The maximum Gasteiger partial charge on any atom is 0.0478 e. The second kappa shape index (κ2) is 4.05. The summed E-state index contributed by atoms with van der Waals surface area (Å²) in [4.78, 5) is 0. The van der Waals surface area contributed by atoms with Gasteiger partial charge in [-0.05, 0) is 46.7 Å². The van der Waals surface area contributed by atoms with E-state index >= 15 is 0 Å². The summed E-state index contributed by atoms with van der Waals surface area (Å²) >= 11 is 2.31. The summed E-state index contributed by atoms with van der Waals surface area (Å²) in [5, 5.41) is 0. The minimum absolute atomic E-state index is 0.0425. The average Bonchev–Trinajstić information content (AvgIpc) is 2.08. The van der Waals surface area contributed by atoms with Gasteiger partial charge in [-0.2, -0.15) is 0 Å². The van der Waals surface area contributed by atoms with E-state index in [0.29, 0.717) is 0 Å². The van der Waals surface area contributed by atoms with Crippen LogP contribution in [0.4, 0.5) is 0 Å². The Morgan fingerprint density at radius 2 is 2.25 bits per heavy atom. The Labute approximate surface area is 86.8 Å². The summed E-state index contributed by atoms with van der Waals surface area (Å²) < 4.78 is 1.25. The normalized spacial score (nSPS) is 12.6. The zero-order chi connectivity index (χ0) is 9.14. The van der Waals surface area contributed by atoms with Crippen LogP contribution >= 0.6 is 22.6 Å². The third kappa shape index (κ3) is 2.08. The van der Waals surface area contributed by atoms with Crippen LogP contribution in [0, 0.1) is 10.5 Å². The molecule has 0 aliphatic heterocycles. The molecule has 2 heteroatoms. The molecule has 0 bridgehead atoms. The minimum Gasteiger partial charge on any atom is -0.321 e. The maximum absolute atomic E-state index is 5.79. The molecule has 1 atom stereocenters. The highest BCUT2D eigenvalue weighted by molar-refractivity contribution is 14.1. The van der Waals surface area contributed by atoms with Gasteiger partial charge in [-0.15, -0.1) is 6.58 Å². The second-order valence-electron chi connectivity index (χ2n) is 2.77. The Balaban J connectivity index is 3.04. The molecule has 0 saturated carbocycles. The van der Waals surface area contributed by atoms with Gasteiger partial charge in [0.25, 0.3) is 0 Å². The Bertz CT molecular complexity index is 294. The van der Waals surface area contributed by atoms with E-state index in [2.05, 4.69) is 48.2 Å². The van der Waals surface area contributed by atoms with Crippen LogP contribution < -0.4 is 5.73 Å². The largest absolute Gasteiger partial charge is 0.321 e. The van der Waals surface area contributed by atoms with Crippen LogP contribution in [0.3, 0.4) is 0 Å². The van der Waals surface area contributed by atoms with Gasteiger partial charge >= 0.3 is 0 Å². The summed E-state index contributed by atoms with van der Waals surface area (Å²) in [5.74, 6) is 0. The van der Waals surface area contributed by atoms with Gasteiger partial charge in [-0.3, -0.25) is 0 Å².